The Hall–Kier alpha value is -2.39. The number of anilines is 1. The topological polar surface area (TPSA) is 89.5 Å². The van der Waals surface area contributed by atoms with Crippen LogP contribution >= 0.6 is 0 Å². The standard InChI is InChI=1S/C15H12F3NO4S/c16-15(17,18)9-5-6-12(19-8-14(20)21)11(7-9)10-3-1-2-4-13(10)24(22)23/h1-7,19H,8H2,(H,20,21)(H,22,23)/p-1. The summed E-state index contributed by atoms with van der Waals surface area (Å²) >= 11 is -2.67. The minimum atomic E-state index is -4.62. The molecule has 0 spiro atoms. The Balaban J connectivity index is 2.64. The predicted molar refractivity (Wildman–Crippen MR) is 80.2 cm³/mol. The van der Waals surface area contributed by atoms with E-state index in [1.54, 1.807) is 0 Å². The molecule has 0 bridgehead atoms. The third-order valence-corrected chi connectivity index (χ3v) is 3.85. The number of halogens is 3. The van der Waals surface area contributed by atoms with E-state index >= 15 is 0 Å². The van der Waals surface area contributed by atoms with E-state index in [0.29, 0.717) is 0 Å². The molecule has 128 valence electrons. The molecule has 0 aliphatic carbocycles. The van der Waals surface area contributed by atoms with Crippen molar-refractivity contribution < 1.29 is 31.8 Å². The first kappa shape index (κ1) is 18.0. The van der Waals surface area contributed by atoms with Gasteiger partial charge >= 0.3 is 12.1 Å². The van der Waals surface area contributed by atoms with Gasteiger partial charge in [-0.15, -0.1) is 0 Å². The van der Waals surface area contributed by atoms with E-state index in [1.807, 2.05) is 0 Å². The van der Waals surface area contributed by atoms with E-state index in [2.05, 4.69) is 5.32 Å². The zero-order valence-corrected chi connectivity index (χ0v) is 12.8. The highest BCUT2D eigenvalue weighted by molar-refractivity contribution is 7.79. The summed E-state index contributed by atoms with van der Waals surface area (Å²) in [7, 11) is 0. The summed E-state index contributed by atoms with van der Waals surface area (Å²) in [6.07, 6.45) is -4.62. The Labute approximate surface area is 137 Å². The van der Waals surface area contributed by atoms with Crippen molar-refractivity contribution in [2.24, 2.45) is 0 Å². The number of carboxylic acid groups (broad SMARTS) is 1. The maximum atomic E-state index is 13.0. The van der Waals surface area contributed by atoms with Crippen molar-refractivity contribution in [1.29, 1.82) is 0 Å². The van der Waals surface area contributed by atoms with Crippen molar-refractivity contribution in [2.75, 3.05) is 11.9 Å². The molecule has 0 saturated carbocycles. The Kier molecular flexibility index (Phi) is 5.25. The molecule has 2 aromatic carbocycles. The van der Waals surface area contributed by atoms with Crippen LogP contribution < -0.4 is 5.32 Å². The quantitative estimate of drug-likeness (QED) is 0.802. The number of aliphatic carboxylic acids is 1. The lowest BCUT2D eigenvalue weighted by Crippen LogP contribution is -2.14. The SMILES string of the molecule is O=C(O)CNc1ccc(C(F)(F)F)cc1-c1ccccc1S(=O)[O-]. The Morgan fingerprint density at radius 1 is 1.17 bits per heavy atom. The molecule has 0 aromatic heterocycles. The zero-order chi connectivity index (χ0) is 17.9. The molecule has 9 heteroatoms. The maximum Gasteiger partial charge on any atom is 0.416 e. The minimum absolute atomic E-state index is 0.0461. The molecule has 5 nitrogen and oxygen atoms in total. The second-order valence-corrected chi connectivity index (χ2v) is 5.65. The first-order chi connectivity index (χ1) is 11.2. The molecule has 0 radical (unpaired) electrons. The fourth-order valence-electron chi connectivity index (χ4n) is 2.10. The summed E-state index contributed by atoms with van der Waals surface area (Å²) in [5.41, 5.74) is -0.885. The van der Waals surface area contributed by atoms with Crippen LogP contribution in [0.1, 0.15) is 5.56 Å². The predicted octanol–water partition coefficient (Wildman–Crippen LogP) is 3.11. The second-order valence-electron chi connectivity index (χ2n) is 4.74. The van der Waals surface area contributed by atoms with Gasteiger partial charge in [-0.3, -0.25) is 9.00 Å². The molecule has 24 heavy (non-hydrogen) atoms. The summed E-state index contributed by atoms with van der Waals surface area (Å²) in [6, 6.07) is 8.18. The van der Waals surface area contributed by atoms with Gasteiger partial charge in [-0.2, -0.15) is 13.2 Å². The lowest BCUT2D eigenvalue weighted by Gasteiger charge is -2.18. The van der Waals surface area contributed by atoms with Gasteiger partial charge in [0.25, 0.3) is 0 Å². The van der Waals surface area contributed by atoms with E-state index in [9.17, 15) is 26.7 Å². The van der Waals surface area contributed by atoms with Gasteiger partial charge in [0.15, 0.2) is 0 Å². The smallest absolute Gasteiger partial charge is 0.416 e. The number of benzene rings is 2. The molecule has 0 amide bonds. The number of hydrogen-bond donors (Lipinski definition) is 2. The third-order valence-electron chi connectivity index (χ3n) is 3.13. The summed E-state index contributed by atoms with van der Waals surface area (Å²) in [5, 5.41) is 11.2. The maximum absolute atomic E-state index is 13.0. The van der Waals surface area contributed by atoms with Gasteiger partial charge in [0.1, 0.15) is 6.54 Å². The lowest BCUT2D eigenvalue weighted by atomic mass is 10.0. The average molecular weight is 358 g/mol. The number of alkyl halides is 3. The summed E-state index contributed by atoms with van der Waals surface area (Å²) < 4.78 is 61.5. The summed E-state index contributed by atoms with van der Waals surface area (Å²) in [5.74, 6) is -1.21. The van der Waals surface area contributed by atoms with Crippen LogP contribution in [0.2, 0.25) is 0 Å². The van der Waals surface area contributed by atoms with Crippen LogP contribution in [0.15, 0.2) is 47.4 Å². The number of rotatable bonds is 5. The molecule has 0 aliphatic heterocycles. The summed E-state index contributed by atoms with van der Waals surface area (Å²) in [4.78, 5) is 10.5. The molecule has 2 N–H and O–H groups in total. The van der Waals surface area contributed by atoms with Gasteiger partial charge in [0, 0.05) is 16.1 Å². The summed E-state index contributed by atoms with van der Waals surface area (Å²) in [6.45, 7) is -0.527. The van der Waals surface area contributed by atoms with Crippen molar-refractivity contribution in [3.8, 4) is 11.1 Å². The molecule has 1 atom stereocenters. The highest BCUT2D eigenvalue weighted by atomic mass is 32.2. The average Bonchev–Trinajstić information content (AvgIpc) is 2.51. The van der Waals surface area contributed by atoms with Crippen LogP contribution in [0.5, 0.6) is 0 Å². The third kappa shape index (κ3) is 4.12. The van der Waals surface area contributed by atoms with Crippen LogP contribution in [0.25, 0.3) is 11.1 Å². The molecule has 2 rings (SSSR count). The fraction of sp³-hybridized carbons (Fsp3) is 0.133. The lowest BCUT2D eigenvalue weighted by molar-refractivity contribution is -0.137. The number of hydrogen-bond acceptors (Lipinski definition) is 4. The minimum Gasteiger partial charge on any atom is -0.768 e. The molecule has 0 aliphatic rings. The van der Waals surface area contributed by atoms with E-state index in [-0.39, 0.29) is 21.7 Å². The number of carbonyl (C=O) groups is 1. The van der Waals surface area contributed by atoms with Crippen molar-refractivity contribution in [1.82, 2.24) is 0 Å². The second kappa shape index (κ2) is 7.02. The molecule has 0 fully saturated rings. The van der Waals surface area contributed by atoms with Crippen molar-refractivity contribution >= 4 is 22.7 Å². The van der Waals surface area contributed by atoms with Crippen LogP contribution in [0.4, 0.5) is 18.9 Å². The van der Waals surface area contributed by atoms with E-state index < -0.39 is 35.3 Å². The molecule has 1 unspecified atom stereocenters. The first-order valence-corrected chi connectivity index (χ1v) is 7.63. The zero-order valence-electron chi connectivity index (χ0n) is 12.0. The van der Waals surface area contributed by atoms with Crippen LogP contribution in [-0.4, -0.2) is 26.4 Å². The van der Waals surface area contributed by atoms with Crippen molar-refractivity contribution in [3.05, 3.63) is 48.0 Å². The Morgan fingerprint density at radius 3 is 2.42 bits per heavy atom. The Morgan fingerprint density at radius 2 is 1.83 bits per heavy atom. The van der Waals surface area contributed by atoms with Gasteiger partial charge in [-0.25, -0.2) is 0 Å². The van der Waals surface area contributed by atoms with Gasteiger partial charge in [0.05, 0.1) is 5.56 Å². The number of carboxylic acids is 1. The molecule has 0 saturated heterocycles. The monoisotopic (exact) mass is 358 g/mol. The van der Waals surface area contributed by atoms with E-state index in [0.717, 1.165) is 18.2 Å². The normalized spacial score (nSPS) is 12.7. The van der Waals surface area contributed by atoms with Crippen LogP contribution in [0, 0.1) is 0 Å². The molecular formula is C15H11F3NO4S-. The van der Waals surface area contributed by atoms with Crippen molar-refractivity contribution in [3.63, 3.8) is 0 Å². The van der Waals surface area contributed by atoms with Gasteiger partial charge in [0.2, 0.25) is 0 Å². The Bertz CT molecular complexity index is 793. The molecular weight excluding hydrogens is 347 g/mol. The van der Waals surface area contributed by atoms with E-state index in [4.69, 9.17) is 5.11 Å². The largest absolute Gasteiger partial charge is 0.768 e. The molecule has 0 heterocycles. The fourth-order valence-corrected chi connectivity index (χ4v) is 2.65. The highest BCUT2D eigenvalue weighted by Crippen LogP contribution is 2.37. The first-order valence-electron chi connectivity index (χ1n) is 6.55. The van der Waals surface area contributed by atoms with Gasteiger partial charge in [-0.1, -0.05) is 18.2 Å². The van der Waals surface area contributed by atoms with E-state index in [1.165, 1.54) is 24.3 Å². The molecule has 2 aromatic rings. The van der Waals surface area contributed by atoms with Crippen LogP contribution in [-0.2, 0) is 22.1 Å². The number of nitrogens with one attached hydrogen (secondary N) is 1. The van der Waals surface area contributed by atoms with Gasteiger partial charge < -0.3 is 15.0 Å². The van der Waals surface area contributed by atoms with Crippen molar-refractivity contribution in [2.45, 2.75) is 11.1 Å². The van der Waals surface area contributed by atoms with Crippen LogP contribution in [0.3, 0.4) is 0 Å². The van der Waals surface area contributed by atoms with Gasteiger partial charge in [-0.05, 0) is 40.9 Å². The highest BCUT2D eigenvalue weighted by Gasteiger charge is 2.31.